The monoisotopic (exact) mass is 428 g/mol. The highest BCUT2D eigenvalue weighted by molar-refractivity contribution is 4.70. The predicted molar refractivity (Wildman–Crippen MR) is 135 cm³/mol. The van der Waals surface area contributed by atoms with Gasteiger partial charge in [0.15, 0.2) is 0 Å². The molecule has 0 fully saturated rings. The summed E-state index contributed by atoms with van der Waals surface area (Å²) < 4.78 is 0. The van der Waals surface area contributed by atoms with Crippen LogP contribution in [0.1, 0.15) is 44.9 Å². The fourth-order valence-corrected chi connectivity index (χ4v) is 3.75. The summed E-state index contributed by atoms with van der Waals surface area (Å²) in [6, 6.07) is 0.658. The number of nitrogens with one attached hydrogen (secondary N) is 1. The van der Waals surface area contributed by atoms with Crippen LogP contribution >= 0.6 is 0 Å². The Morgan fingerprint density at radius 1 is 0.467 bits per heavy atom. The molecule has 0 aliphatic heterocycles. The van der Waals surface area contributed by atoms with Gasteiger partial charge in [0.05, 0.1) is 0 Å². The summed E-state index contributed by atoms with van der Waals surface area (Å²) in [5, 5.41) is 3.83. The second kappa shape index (κ2) is 19.4. The summed E-state index contributed by atoms with van der Waals surface area (Å²) in [6.45, 7) is 9.58. The smallest absolute Gasteiger partial charge is 0.00792 e. The van der Waals surface area contributed by atoms with Gasteiger partial charge in [-0.25, -0.2) is 0 Å². The van der Waals surface area contributed by atoms with Gasteiger partial charge >= 0.3 is 0 Å². The lowest BCUT2D eigenvalue weighted by atomic mass is 10.1. The average Bonchev–Trinajstić information content (AvgIpc) is 2.64. The maximum Gasteiger partial charge on any atom is 0.00792 e. The molecule has 0 aliphatic carbocycles. The van der Waals surface area contributed by atoms with Crippen LogP contribution < -0.4 is 5.32 Å². The third-order valence-corrected chi connectivity index (χ3v) is 5.58. The third kappa shape index (κ3) is 21.0. The van der Waals surface area contributed by atoms with Crippen molar-refractivity contribution < 1.29 is 0 Å². The third-order valence-electron chi connectivity index (χ3n) is 5.58. The molecule has 0 heterocycles. The topological polar surface area (TPSA) is 28.2 Å². The van der Waals surface area contributed by atoms with E-state index in [1.165, 1.54) is 90.8 Å². The summed E-state index contributed by atoms with van der Waals surface area (Å²) in [7, 11) is 17.4. The van der Waals surface area contributed by atoms with Gasteiger partial charge in [0.1, 0.15) is 0 Å². The predicted octanol–water partition coefficient (Wildman–Crippen LogP) is 2.22. The molecule has 0 radical (unpaired) electrons. The molecule has 0 spiro atoms. The molecule has 0 aromatic heterocycles. The van der Waals surface area contributed by atoms with E-state index in [9.17, 15) is 0 Å². The van der Waals surface area contributed by atoms with E-state index in [1.807, 2.05) is 0 Å². The number of hydrogen-bond acceptors (Lipinski definition) is 6. The molecule has 0 amide bonds. The van der Waals surface area contributed by atoms with Crippen LogP contribution in [0.3, 0.4) is 0 Å². The zero-order valence-electron chi connectivity index (χ0n) is 21.9. The standard InChI is InChI=1S/C24H56N6/c1-26(2)17-11-16-25-24(15-23-29(7)8)14-9-10-20-30(21-12-18-27(3)4)22-13-19-28(5)6/h24-25H,9-23H2,1-8H3. The lowest BCUT2D eigenvalue weighted by Crippen LogP contribution is -2.34. The van der Waals surface area contributed by atoms with Gasteiger partial charge in [-0.3, -0.25) is 0 Å². The first kappa shape index (κ1) is 29.8. The number of unbranched alkanes of at least 4 members (excludes halogenated alkanes) is 1. The Morgan fingerprint density at radius 3 is 1.43 bits per heavy atom. The van der Waals surface area contributed by atoms with Crippen LogP contribution in [0.25, 0.3) is 0 Å². The van der Waals surface area contributed by atoms with Crippen molar-refractivity contribution in [3.8, 4) is 0 Å². The highest BCUT2D eigenvalue weighted by Gasteiger charge is 2.10. The van der Waals surface area contributed by atoms with E-state index >= 15 is 0 Å². The Labute approximate surface area is 189 Å². The van der Waals surface area contributed by atoms with Gasteiger partial charge in [-0.2, -0.15) is 0 Å². The van der Waals surface area contributed by atoms with Gasteiger partial charge in [-0.15, -0.1) is 0 Å². The lowest BCUT2D eigenvalue weighted by molar-refractivity contribution is 0.234. The van der Waals surface area contributed by atoms with E-state index in [4.69, 9.17) is 0 Å². The highest BCUT2D eigenvalue weighted by Crippen LogP contribution is 2.08. The van der Waals surface area contributed by atoms with Crippen molar-refractivity contribution in [1.82, 2.24) is 29.8 Å². The first-order valence-electron chi connectivity index (χ1n) is 12.3. The van der Waals surface area contributed by atoms with E-state index < -0.39 is 0 Å². The van der Waals surface area contributed by atoms with Crippen molar-refractivity contribution in [2.24, 2.45) is 0 Å². The minimum absolute atomic E-state index is 0.658. The van der Waals surface area contributed by atoms with E-state index in [0.29, 0.717) is 6.04 Å². The van der Waals surface area contributed by atoms with Crippen LogP contribution in [-0.2, 0) is 0 Å². The molecule has 30 heavy (non-hydrogen) atoms. The van der Waals surface area contributed by atoms with Crippen LogP contribution in [-0.4, -0.2) is 139 Å². The van der Waals surface area contributed by atoms with Crippen LogP contribution in [0.5, 0.6) is 0 Å². The number of rotatable bonds is 21. The van der Waals surface area contributed by atoms with Crippen molar-refractivity contribution >= 4 is 0 Å². The molecule has 0 aromatic carbocycles. The van der Waals surface area contributed by atoms with Crippen LogP contribution in [0.4, 0.5) is 0 Å². The Morgan fingerprint density at radius 2 is 0.933 bits per heavy atom. The molecule has 0 rings (SSSR count). The molecule has 182 valence electrons. The fourth-order valence-electron chi connectivity index (χ4n) is 3.75. The fraction of sp³-hybridized carbons (Fsp3) is 1.00. The van der Waals surface area contributed by atoms with Gasteiger partial charge in [0.2, 0.25) is 0 Å². The zero-order chi connectivity index (χ0) is 22.8. The molecule has 0 saturated heterocycles. The van der Waals surface area contributed by atoms with Gasteiger partial charge < -0.3 is 29.8 Å². The summed E-state index contributed by atoms with van der Waals surface area (Å²) in [5.74, 6) is 0. The van der Waals surface area contributed by atoms with Crippen LogP contribution in [0.2, 0.25) is 0 Å². The molecule has 6 nitrogen and oxygen atoms in total. The quantitative estimate of drug-likeness (QED) is 0.282. The van der Waals surface area contributed by atoms with Gasteiger partial charge in [0, 0.05) is 6.04 Å². The average molecular weight is 429 g/mol. The molecule has 0 saturated carbocycles. The molecule has 6 heteroatoms. The highest BCUT2D eigenvalue weighted by atomic mass is 15.1. The van der Waals surface area contributed by atoms with Crippen molar-refractivity contribution in [2.75, 3.05) is 109 Å². The number of nitrogens with zero attached hydrogens (tertiary/aromatic N) is 5. The van der Waals surface area contributed by atoms with E-state index in [1.54, 1.807) is 0 Å². The van der Waals surface area contributed by atoms with Crippen LogP contribution in [0, 0.1) is 0 Å². The van der Waals surface area contributed by atoms with E-state index in [-0.39, 0.29) is 0 Å². The van der Waals surface area contributed by atoms with E-state index in [2.05, 4.69) is 86.2 Å². The van der Waals surface area contributed by atoms with Crippen molar-refractivity contribution in [2.45, 2.75) is 51.0 Å². The molecule has 0 aromatic rings. The first-order chi connectivity index (χ1) is 14.2. The van der Waals surface area contributed by atoms with Crippen molar-refractivity contribution in [3.63, 3.8) is 0 Å². The molecular weight excluding hydrogens is 372 g/mol. The van der Waals surface area contributed by atoms with Crippen molar-refractivity contribution in [1.29, 1.82) is 0 Å². The lowest BCUT2D eigenvalue weighted by Gasteiger charge is -2.25. The van der Waals surface area contributed by atoms with Crippen molar-refractivity contribution in [3.05, 3.63) is 0 Å². The molecule has 1 N–H and O–H groups in total. The Bertz CT molecular complexity index is 346. The minimum atomic E-state index is 0.658. The van der Waals surface area contributed by atoms with Gasteiger partial charge in [-0.05, 0) is 147 Å². The molecular formula is C24H56N6. The minimum Gasteiger partial charge on any atom is -0.314 e. The molecule has 1 unspecified atom stereocenters. The molecule has 0 aliphatic rings. The second-order valence-electron chi connectivity index (χ2n) is 10.1. The maximum absolute atomic E-state index is 3.83. The SMILES string of the molecule is CN(C)CCCNC(CCCCN(CCCN(C)C)CCCN(C)C)CCN(C)C. The Balaban J connectivity index is 4.28. The van der Waals surface area contributed by atoms with Gasteiger partial charge in [-0.1, -0.05) is 6.42 Å². The molecule has 1 atom stereocenters. The largest absolute Gasteiger partial charge is 0.314 e. The summed E-state index contributed by atoms with van der Waals surface area (Å²) in [4.78, 5) is 11.9. The summed E-state index contributed by atoms with van der Waals surface area (Å²) >= 11 is 0. The summed E-state index contributed by atoms with van der Waals surface area (Å²) in [5.41, 5.74) is 0. The normalized spacial score (nSPS) is 13.5. The molecule has 0 bridgehead atoms. The van der Waals surface area contributed by atoms with Crippen LogP contribution in [0.15, 0.2) is 0 Å². The summed E-state index contributed by atoms with van der Waals surface area (Å²) in [6.07, 6.45) is 8.99. The van der Waals surface area contributed by atoms with Gasteiger partial charge in [0.25, 0.3) is 0 Å². The van der Waals surface area contributed by atoms with E-state index in [0.717, 1.165) is 6.54 Å². The zero-order valence-corrected chi connectivity index (χ0v) is 21.9. The Kier molecular flexibility index (Phi) is 19.3. The maximum atomic E-state index is 3.83. The second-order valence-corrected chi connectivity index (χ2v) is 10.1. The first-order valence-corrected chi connectivity index (χ1v) is 12.3. The number of hydrogen-bond donors (Lipinski definition) is 1. The Hall–Kier alpha value is -0.240.